The number of nitro groups is 2. The molecule has 54 heavy (non-hydrogen) atoms. The number of carbonyl (C=O) groups is 2. The number of nitro benzene ring substituents is 2. The molecule has 4 rings (SSSR count). The van der Waals surface area contributed by atoms with Gasteiger partial charge in [-0.1, -0.05) is 0 Å². The van der Waals surface area contributed by atoms with Crippen molar-refractivity contribution in [2.45, 2.75) is 90.1 Å². The average Bonchev–Trinajstić information content (AvgIpc) is 3.66. The fraction of sp³-hybridized carbons (Fsp3) is 0.562. The fourth-order valence-corrected chi connectivity index (χ4v) is 5.10. The van der Waals surface area contributed by atoms with Crippen molar-refractivity contribution in [3.63, 3.8) is 0 Å². The van der Waals surface area contributed by atoms with Gasteiger partial charge in [0.15, 0.2) is 5.75 Å². The smallest absolute Gasteiger partial charge is 0.416 e. The third kappa shape index (κ3) is 11.8. The molecule has 4 N–H and O–H groups in total. The molecule has 22 heteroatoms. The van der Waals surface area contributed by atoms with Crippen molar-refractivity contribution in [2.24, 2.45) is 0 Å². The zero-order valence-electron chi connectivity index (χ0n) is 30.0. The third-order valence-electron chi connectivity index (χ3n) is 7.41. The highest BCUT2D eigenvalue weighted by Crippen LogP contribution is 2.44. The van der Waals surface area contributed by atoms with E-state index < -0.39 is 86.0 Å². The van der Waals surface area contributed by atoms with E-state index in [9.17, 15) is 56.2 Å². The monoisotopic (exact) mass is 782 g/mol. The summed E-state index contributed by atoms with van der Waals surface area (Å²) in [5, 5.41) is 22.5. The first-order valence-corrected chi connectivity index (χ1v) is 16.1. The number of amides is 2. The van der Waals surface area contributed by atoms with Crippen LogP contribution in [0.1, 0.15) is 65.5 Å². The Kier molecular flexibility index (Phi) is 12.6. The molecule has 2 atom stereocenters. The lowest BCUT2D eigenvalue weighted by molar-refractivity contribution is -0.396. The number of nitrogens with two attached hydrogens (primary N) is 2. The molecule has 0 bridgehead atoms. The van der Waals surface area contributed by atoms with Gasteiger partial charge >= 0.3 is 35.9 Å². The van der Waals surface area contributed by atoms with Gasteiger partial charge in [0.25, 0.3) is 5.75 Å². The number of halogens is 6. The second-order valence-electron chi connectivity index (χ2n) is 14.2. The van der Waals surface area contributed by atoms with E-state index in [1.54, 1.807) is 41.5 Å². The van der Waals surface area contributed by atoms with E-state index in [2.05, 4.69) is 0 Å². The summed E-state index contributed by atoms with van der Waals surface area (Å²) in [7, 11) is 0. The number of rotatable bonds is 6. The first-order valence-electron chi connectivity index (χ1n) is 16.1. The second-order valence-corrected chi connectivity index (χ2v) is 14.2. The minimum absolute atomic E-state index is 0.00374. The molecule has 0 saturated carbocycles. The van der Waals surface area contributed by atoms with Crippen LogP contribution in [0.5, 0.6) is 11.5 Å². The van der Waals surface area contributed by atoms with E-state index in [0.717, 1.165) is 12.1 Å². The summed E-state index contributed by atoms with van der Waals surface area (Å²) >= 11 is 0. The standard InChI is InChI=1S/C16H18F3N3O7.C16H22F3N3O3/c1-15(2,3)29-14(23)20-5-4-10(8-20)28-13-11(21(24)25)6-9(16(17,18)19)7-12(13)22(26)27;1-15(2,3)25-14(23)22-5-4-10(8-22)24-13-11(20)6-9(7-12(13)21)16(17,18)19/h6-7,10H,4-5,8H2,1-3H3;6-7,10H,4-5,8,20-21H2,1-3H3/t2*10-/m11/s1. The highest BCUT2D eigenvalue weighted by Gasteiger charge is 2.41. The van der Waals surface area contributed by atoms with E-state index in [0.29, 0.717) is 13.0 Å². The zero-order chi connectivity index (χ0) is 41.1. The SMILES string of the molecule is CC(C)(C)OC(=O)N1CC[C@@H](Oc2c(N)cc(C(F)(F)F)cc2N)C1.CC(C)(C)OC(=O)N1CC[C@@H](Oc2c([N+](=O)[O-])cc(C(F)(F)F)cc2[N+](=O)[O-])C1. The molecule has 2 heterocycles. The van der Waals surface area contributed by atoms with Crippen LogP contribution in [0.4, 0.5) is 58.7 Å². The molecule has 2 aromatic rings. The van der Waals surface area contributed by atoms with Gasteiger partial charge in [0, 0.05) is 38.1 Å². The summed E-state index contributed by atoms with van der Waals surface area (Å²) in [6, 6.07) is 1.93. The van der Waals surface area contributed by atoms with Gasteiger partial charge < -0.3 is 40.2 Å². The van der Waals surface area contributed by atoms with Gasteiger partial charge in [-0.2, -0.15) is 26.3 Å². The van der Waals surface area contributed by atoms with Crippen molar-refractivity contribution >= 4 is 34.9 Å². The van der Waals surface area contributed by atoms with Gasteiger partial charge in [-0.3, -0.25) is 20.2 Å². The Morgan fingerprint density at radius 3 is 1.31 bits per heavy atom. The quantitative estimate of drug-likeness (QED) is 0.129. The minimum atomic E-state index is -5.02. The van der Waals surface area contributed by atoms with E-state index >= 15 is 0 Å². The number of hydrogen-bond acceptors (Lipinski definition) is 12. The summed E-state index contributed by atoms with van der Waals surface area (Å²) in [5.74, 6) is -0.881. The molecule has 2 aromatic carbocycles. The number of alkyl halides is 6. The average molecular weight is 783 g/mol. The Bertz CT molecular complexity index is 1680. The fourth-order valence-electron chi connectivity index (χ4n) is 5.10. The molecule has 0 radical (unpaired) electrons. The molecular formula is C32H40F6N6O10. The lowest BCUT2D eigenvalue weighted by atomic mass is 10.1. The van der Waals surface area contributed by atoms with Crippen molar-refractivity contribution in [3.8, 4) is 11.5 Å². The van der Waals surface area contributed by atoms with Gasteiger partial charge in [0.1, 0.15) is 23.4 Å². The largest absolute Gasteiger partial charge is 0.484 e. The van der Waals surface area contributed by atoms with Gasteiger partial charge in [-0.25, -0.2) is 9.59 Å². The van der Waals surface area contributed by atoms with Crippen LogP contribution in [-0.2, 0) is 21.8 Å². The van der Waals surface area contributed by atoms with Crippen LogP contribution in [0.3, 0.4) is 0 Å². The van der Waals surface area contributed by atoms with Crippen molar-refractivity contribution < 1.29 is 64.7 Å². The molecule has 0 unspecified atom stereocenters. The van der Waals surface area contributed by atoms with Crippen LogP contribution in [0.25, 0.3) is 0 Å². The number of nitrogen functional groups attached to an aromatic ring is 2. The van der Waals surface area contributed by atoms with Crippen molar-refractivity contribution in [2.75, 3.05) is 37.6 Å². The summed E-state index contributed by atoms with van der Waals surface area (Å²) in [6.07, 6.45) is -11.3. The Balaban J connectivity index is 0.000000294. The van der Waals surface area contributed by atoms with E-state index in [1.807, 2.05) is 0 Å². The molecular weight excluding hydrogens is 742 g/mol. The summed E-state index contributed by atoms with van der Waals surface area (Å²) < 4.78 is 98.5. The molecule has 2 saturated heterocycles. The predicted molar refractivity (Wildman–Crippen MR) is 179 cm³/mol. The number of likely N-dealkylation sites (tertiary alicyclic amines) is 2. The first kappa shape index (κ1) is 43.0. The molecule has 2 amide bonds. The summed E-state index contributed by atoms with van der Waals surface area (Å²) in [4.78, 5) is 46.9. The molecule has 2 aliphatic rings. The minimum Gasteiger partial charge on any atom is -0.484 e. The van der Waals surface area contributed by atoms with Crippen LogP contribution in [0.2, 0.25) is 0 Å². The highest BCUT2D eigenvalue weighted by molar-refractivity contribution is 5.70. The van der Waals surface area contributed by atoms with Crippen LogP contribution < -0.4 is 20.9 Å². The number of benzene rings is 2. The first-order chi connectivity index (χ1) is 24.6. The molecule has 2 aliphatic heterocycles. The van der Waals surface area contributed by atoms with Crippen molar-refractivity contribution in [1.82, 2.24) is 9.80 Å². The predicted octanol–water partition coefficient (Wildman–Crippen LogP) is 7.17. The zero-order valence-corrected chi connectivity index (χ0v) is 30.0. The molecule has 16 nitrogen and oxygen atoms in total. The summed E-state index contributed by atoms with van der Waals surface area (Å²) in [6.45, 7) is 11.0. The second kappa shape index (κ2) is 15.9. The van der Waals surface area contributed by atoms with Crippen LogP contribution in [-0.4, -0.2) is 81.4 Å². The number of carbonyl (C=O) groups excluding carboxylic acids is 2. The number of nitrogens with zero attached hydrogens (tertiary/aromatic N) is 4. The number of hydrogen-bond donors (Lipinski definition) is 2. The normalized spacial score (nSPS) is 17.7. The van der Waals surface area contributed by atoms with Gasteiger partial charge in [-0.05, 0) is 53.7 Å². The summed E-state index contributed by atoms with van der Waals surface area (Å²) in [5.41, 5.74) is 4.74. The van der Waals surface area contributed by atoms with Crippen LogP contribution in [0, 0.1) is 20.2 Å². The molecule has 0 aromatic heterocycles. The Hall–Kier alpha value is -5.44. The van der Waals surface area contributed by atoms with E-state index in [4.69, 9.17) is 30.4 Å². The van der Waals surface area contributed by atoms with Gasteiger partial charge in [0.2, 0.25) is 0 Å². The Morgan fingerprint density at radius 2 is 1.00 bits per heavy atom. The van der Waals surface area contributed by atoms with Gasteiger partial charge in [0.05, 0.1) is 45.4 Å². The molecule has 2 fully saturated rings. The Morgan fingerprint density at radius 1 is 0.667 bits per heavy atom. The number of ether oxygens (including phenoxy) is 4. The maximum atomic E-state index is 12.9. The lowest BCUT2D eigenvalue weighted by Gasteiger charge is -2.24. The highest BCUT2D eigenvalue weighted by atomic mass is 19.4. The molecule has 0 aliphatic carbocycles. The van der Waals surface area contributed by atoms with Crippen molar-refractivity contribution in [3.05, 3.63) is 55.6 Å². The van der Waals surface area contributed by atoms with E-state index in [1.165, 1.54) is 9.80 Å². The lowest BCUT2D eigenvalue weighted by Crippen LogP contribution is -2.36. The molecule has 0 spiro atoms. The van der Waals surface area contributed by atoms with Crippen LogP contribution >= 0.6 is 0 Å². The number of anilines is 2. The Labute approximate surface area is 304 Å². The third-order valence-corrected chi connectivity index (χ3v) is 7.41. The maximum Gasteiger partial charge on any atom is 0.416 e. The van der Waals surface area contributed by atoms with E-state index in [-0.39, 0.29) is 55.3 Å². The topological polar surface area (TPSA) is 216 Å². The van der Waals surface area contributed by atoms with Gasteiger partial charge in [-0.15, -0.1) is 0 Å². The van der Waals surface area contributed by atoms with Crippen LogP contribution in [0.15, 0.2) is 24.3 Å². The molecule has 300 valence electrons. The van der Waals surface area contributed by atoms with Crippen molar-refractivity contribution in [1.29, 1.82) is 0 Å². The maximum absolute atomic E-state index is 12.9.